The van der Waals surface area contributed by atoms with Crippen molar-refractivity contribution < 1.29 is 40.2 Å². The summed E-state index contributed by atoms with van der Waals surface area (Å²) in [6, 6.07) is 2.23. The summed E-state index contributed by atoms with van der Waals surface area (Å²) in [5, 5.41) is 0. The molecular formula is C13H16F5NO4S. The van der Waals surface area contributed by atoms with Gasteiger partial charge in [-0.05, 0) is 35.6 Å². The van der Waals surface area contributed by atoms with Crippen LogP contribution in [-0.2, 0) is 15.0 Å². The number of halogens is 5. The molecule has 0 aliphatic heterocycles. The molecule has 1 aromatic rings. The highest BCUT2D eigenvalue weighted by Gasteiger charge is 2.29. The zero-order chi connectivity index (χ0) is 18.4. The lowest BCUT2D eigenvalue weighted by atomic mass is 10.1. The van der Waals surface area contributed by atoms with Gasteiger partial charge in [-0.15, -0.1) is 0 Å². The summed E-state index contributed by atoms with van der Waals surface area (Å²) >= 11 is 0. The molecule has 0 aliphatic carbocycles. The van der Waals surface area contributed by atoms with Crippen molar-refractivity contribution in [3.05, 3.63) is 29.6 Å². The highest BCUT2D eigenvalue weighted by Crippen LogP contribution is 2.25. The van der Waals surface area contributed by atoms with E-state index in [9.17, 15) is 30.5 Å². The zero-order valence-electron chi connectivity index (χ0n) is 12.6. The molecule has 0 saturated carbocycles. The molecule has 0 spiro atoms. The van der Waals surface area contributed by atoms with Crippen LogP contribution in [0.4, 0.5) is 22.1 Å². The third-order valence-corrected chi connectivity index (χ3v) is 4.38. The summed E-state index contributed by atoms with van der Waals surface area (Å²) in [6.45, 7) is -0.637. The first kappa shape index (κ1) is 20.6. The van der Waals surface area contributed by atoms with E-state index in [1.54, 1.807) is 0 Å². The van der Waals surface area contributed by atoms with Gasteiger partial charge in [0.15, 0.2) is 18.2 Å². The van der Waals surface area contributed by atoms with Crippen LogP contribution in [0, 0.1) is 5.82 Å². The summed E-state index contributed by atoms with van der Waals surface area (Å²) in [7, 11) is -3.77. The first-order valence-corrected chi connectivity index (χ1v) is 8.42. The molecule has 1 aromatic carbocycles. The standard InChI is InChI=1S/C13H16F5NO4S/c1-9(19-24(20,21)6-2-5-23-18)10-3-4-11(14)12(7-10)22-8-13(15,16)17/h3-4,7,9,19H,2,5-6,8H2,1H3/t9-/m1/s1. The van der Waals surface area contributed by atoms with Gasteiger partial charge in [-0.1, -0.05) is 6.07 Å². The van der Waals surface area contributed by atoms with E-state index in [-0.39, 0.29) is 18.6 Å². The van der Waals surface area contributed by atoms with Gasteiger partial charge in [0, 0.05) is 6.04 Å². The normalized spacial score (nSPS) is 13.8. The smallest absolute Gasteiger partial charge is 0.422 e. The molecule has 1 rings (SSSR count). The lowest BCUT2D eigenvalue weighted by molar-refractivity contribution is -0.153. The quantitative estimate of drug-likeness (QED) is 0.531. The van der Waals surface area contributed by atoms with Crippen LogP contribution in [0.15, 0.2) is 18.2 Å². The molecule has 0 radical (unpaired) electrons. The molecular weight excluding hydrogens is 361 g/mol. The van der Waals surface area contributed by atoms with E-state index in [1.165, 1.54) is 13.0 Å². The summed E-state index contributed by atoms with van der Waals surface area (Å²) < 4.78 is 91.5. The topological polar surface area (TPSA) is 64.6 Å². The number of benzene rings is 1. The van der Waals surface area contributed by atoms with Crippen molar-refractivity contribution in [1.29, 1.82) is 0 Å². The molecule has 138 valence electrons. The first-order chi connectivity index (χ1) is 11.0. The van der Waals surface area contributed by atoms with E-state index in [0.29, 0.717) is 0 Å². The number of sulfonamides is 1. The number of alkyl halides is 3. The molecule has 0 unspecified atom stereocenters. The van der Waals surface area contributed by atoms with Crippen LogP contribution in [0.5, 0.6) is 5.75 Å². The SMILES string of the molecule is C[C@@H](NS(=O)(=O)CCCOF)c1ccc(F)c(OCC(F)(F)F)c1. The van der Waals surface area contributed by atoms with Gasteiger partial charge in [-0.3, -0.25) is 0 Å². The average molecular weight is 377 g/mol. The third kappa shape index (κ3) is 7.41. The summed E-state index contributed by atoms with van der Waals surface area (Å²) in [6.07, 6.45) is -4.71. The van der Waals surface area contributed by atoms with Gasteiger partial charge in [0.1, 0.15) is 0 Å². The van der Waals surface area contributed by atoms with E-state index in [2.05, 4.69) is 14.4 Å². The van der Waals surface area contributed by atoms with Gasteiger partial charge in [0.05, 0.1) is 12.4 Å². The number of hydrogen-bond donors (Lipinski definition) is 1. The fourth-order valence-electron chi connectivity index (χ4n) is 1.76. The maximum atomic E-state index is 13.5. The van der Waals surface area contributed by atoms with Crippen LogP contribution in [0.2, 0.25) is 0 Å². The molecule has 11 heteroatoms. The van der Waals surface area contributed by atoms with Gasteiger partial charge in [0.2, 0.25) is 10.0 Å². The maximum absolute atomic E-state index is 13.5. The molecule has 0 heterocycles. The Morgan fingerprint density at radius 2 is 1.96 bits per heavy atom. The van der Waals surface area contributed by atoms with E-state index in [0.717, 1.165) is 12.1 Å². The van der Waals surface area contributed by atoms with Crippen molar-refractivity contribution in [1.82, 2.24) is 4.72 Å². The van der Waals surface area contributed by atoms with E-state index < -0.39 is 46.2 Å². The van der Waals surface area contributed by atoms with Crippen molar-refractivity contribution in [2.75, 3.05) is 19.0 Å². The Labute approximate surface area is 135 Å². The van der Waals surface area contributed by atoms with Crippen LogP contribution in [0.3, 0.4) is 0 Å². The Morgan fingerprint density at radius 1 is 1.29 bits per heavy atom. The lowest BCUT2D eigenvalue weighted by Gasteiger charge is -2.16. The second-order valence-electron chi connectivity index (χ2n) is 4.92. The van der Waals surface area contributed by atoms with E-state index >= 15 is 0 Å². The van der Waals surface area contributed by atoms with Crippen LogP contribution in [0.25, 0.3) is 0 Å². The second kappa shape index (κ2) is 8.58. The number of ether oxygens (including phenoxy) is 1. The predicted octanol–water partition coefficient (Wildman–Crippen LogP) is 3.04. The van der Waals surface area contributed by atoms with Gasteiger partial charge in [-0.2, -0.15) is 18.1 Å². The van der Waals surface area contributed by atoms with Gasteiger partial charge >= 0.3 is 6.18 Å². The Balaban J connectivity index is 2.78. The van der Waals surface area contributed by atoms with Crippen molar-refractivity contribution in [2.24, 2.45) is 0 Å². The predicted molar refractivity (Wildman–Crippen MR) is 75.0 cm³/mol. The molecule has 1 N–H and O–H groups in total. The van der Waals surface area contributed by atoms with Crippen molar-refractivity contribution in [2.45, 2.75) is 25.6 Å². The molecule has 0 fully saturated rings. The summed E-state index contributed by atoms with van der Waals surface area (Å²) in [5.74, 6) is -2.04. The minimum Gasteiger partial charge on any atom is -0.481 e. The number of hydrogen-bond acceptors (Lipinski definition) is 4. The monoisotopic (exact) mass is 377 g/mol. The van der Waals surface area contributed by atoms with Crippen LogP contribution in [-0.4, -0.2) is 33.6 Å². The van der Waals surface area contributed by atoms with Crippen molar-refractivity contribution in [3.63, 3.8) is 0 Å². The molecule has 0 amide bonds. The fourth-order valence-corrected chi connectivity index (χ4v) is 3.05. The highest BCUT2D eigenvalue weighted by molar-refractivity contribution is 7.89. The molecule has 0 bridgehead atoms. The van der Waals surface area contributed by atoms with Gasteiger partial charge in [0.25, 0.3) is 0 Å². The fraction of sp³-hybridized carbons (Fsp3) is 0.538. The van der Waals surface area contributed by atoms with Crippen molar-refractivity contribution >= 4 is 10.0 Å². The van der Waals surface area contributed by atoms with Crippen LogP contribution < -0.4 is 9.46 Å². The van der Waals surface area contributed by atoms with Gasteiger partial charge < -0.3 is 4.74 Å². The minimum atomic E-state index is -4.63. The number of rotatable bonds is 9. The molecule has 0 saturated heterocycles. The molecule has 5 nitrogen and oxygen atoms in total. The Hall–Kier alpha value is -1.46. The third-order valence-electron chi connectivity index (χ3n) is 2.84. The Bertz CT molecular complexity index is 636. The number of nitrogens with one attached hydrogen (secondary N) is 1. The van der Waals surface area contributed by atoms with Crippen LogP contribution in [0.1, 0.15) is 24.9 Å². The Morgan fingerprint density at radius 3 is 2.54 bits per heavy atom. The first-order valence-electron chi connectivity index (χ1n) is 6.76. The Kier molecular flexibility index (Phi) is 7.36. The van der Waals surface area contributed by atoms with E-state index in [4.69, 9.17) is 0 Å². The minimum absolute atomic E-state index is 0.0814. The molecule has 24 heavy (non-hydrogen) atoms. The molecule has 0 aromatic heterocycles. The lowest BCUT2D eigenvalue weighted by Crippen LogP contribution is -2.29. The molecule has 1 atom stereocenters. The largest absolute Gasteiger partial charge is 0.481 e. The summed E-state index contributed by atoms with van der Waals surface area (Å²) in [5.41, 5.74) is 0.207. The maximum Gasteiger partial charge on any atom is 0.422 e. The van der Waals surface area contributed by atoms with Crippen LogP contribution >= 0.6 is 0 Å². The summed E-state index contributed by atoms with van der Waals surface area (Å²) in [4.78, 5) is 3.27. The second-order valence-corrected chi connectivity index (χ2v) is 6.79. The zero-order valence-corrected chi connectivity index (χ0v) is 13.4. The average Bonchev–Trinajstić information content (AvgIpc) is 2.45. The highest BCUT2D eigenvalue weighted by atomic mass is 32.2. The van der Waals surface area contributed by atoms with E-state index in [1.807, 2.05) is 0 Å². The van der Waals surface area contributed by atoms with Crippen molar-refractivity contribution in [3.8, 4) is 5.75 Å². The van der Waals surface area contributed by atoms with Gasteiger partial charge in [-0.25, -0.2) is 17.5 Å². The molecule has 0 aliphatic rings.